The maximum atomic E-state index is 12.0. The van der Waals surface area contributed by atoms with Crippen LogP contribution in [0, 0.1) is 5.92 Å². The molecule has 2 unspecified atom stereocenters. The van der Waals surface area contributed by atoms with Crippen molar-refractivity contribution >= 4 is 24.2 Å². The first kappa shape index (κ1) is 20.5. The Morgan fingerprint density at radius 3 is 2.54 bits per heavy atom. The summed E-state index contributed by atoms with van der Waals surface area (Å²) in [5.74, 6) is 0.372. The van der Waals surface area contributed by atoms with Crippen LogP contribution in [0.3, 0.4) is 0 Å². The maximum Gasteiger partial charge on any atom is 0.251 e. The largest absolute Gasteiger partial charge is 0.353 e. The van der Waals surface area contributed by atoms with Gasteiger partial charge in [0.25, 0.3) is 5.91 Å². The van der Waals surface area contributed by atoms with Gasteiger partial charge in [-0.1, -0.05) is 31.0 Å². The third kappa shape index (κ3) is 6.49. The highest BCUT2D eigenvalue weighted by Gasteiger charge is 2.24. The fraction of sp³-hybridized carbons (Fsp3) is 0.556. The van der Waals surface area contributed by atoms with Crippen LogP contribution in [0.15, 0.2) is 30.3 Å². The van der Waals surface area contributed by atoms with Crippen molar-refractivity contribution in [1.82, 2.24) is 10.6 Å². The second-order valence-electron chi connectivity index (χ2n) is 6.18. The minimum Gasteiger partial charge on any atom is -0.353 e. The van der Waals surface area contributed by atoms with Crippen LogP contribution in [0.2, 0.25) is 0 Å². The molecule has 1 fully saturated rings. The highest BCUT2D eigenvalue weighted by atomic mass is 35.5. The standard InChI is InChI=1S/C18H27N3O2.ClH/c19-13-15-9-4-5-10-16(15)21-17(22)11-6-12-20-18(23)14-7-2-1-3-8-14;/h1-3,7-8,15-16H,4-6,9-13,19H2,(H,20,23)(H,21,22);1H. The molecule has 2 rings (SSSR count). The van der Waals surface area contributed by atoms with Gasteiger partial charge < -0.3 is 16.4 Å². The molecule has 2 amide bonds. The molecule has 6 heteroatoms. The van der Waals surface area contributed by atoms with Crippen LogP contribution >= 0.6 is 12.4 Å². The van der Waals surface area contributed by atoms with Gasteiger partial charge in [0.1, 0.15) is 0 Å². The SMILES string of the molecule is Cl.NCC1CCCCC1NC(=O)CCCNC(=O)c1ccccc1. The Morgan fingerprint density at radius 1 is 1.12 bits per heavy atom. The number of hydrogen-bond acceptors (Lipinski definition) is 3. The molecule has 0 aliphatic heterocycles. The van der Waals surface area contributed by atoms with Gasteiger partial charge in [0, 0.05) is 24.6 Å². The number of benzene rings is 1. The van der Waals surface area contributed by atoms with Gasteiger partial charge in [0.05, 0.1) is 0 Å². The van der Waals surface area contributed by atoms with Crippen molar-refractivity contribution in [2.45, 2.75) is 44.6 Å². The summed E-state index contributed by atoms with van der Waals surface area (Å²) < 4.78 is 0. The third-order valence-electron chi connectivity index (χ3n) is 4.46. The van der Waals surface area contributed by atoms with Gasteiger partial charge in [0.2, 0.25) is 5.91 Å². The van der Waals surface area contributed by atoms with Gasteiger partial charge in [-0.05, 0) is 43.9 Å². The van der Waals surface area contributed by atoms with E-state index < -0.39 is 0 Å². The second-order valence-corrected chi connectivity index (χ2v) is 6.18. The summed E-state index contributed by atoms with van der Waals surface area (Å²) >= 11 is 0. The fourth-order valence-electron chi connectivity index (χ4n) is 3.10. The normalized spacial score (nSPS) is 19.9. The number of rotatable bonds is 7. The highest BCUT2D eigenvalue weighted by molar-refractivity contribution is 5.94. The average molecular weight is 354 g/mol. The van der Waals surface area contributed by atoms with Crippen LogP contribution in [0.1, 0.15) is 48.9 Å². The lowest BCUT2D eigenvalue weighted by molar-refractivity contribution is -0.122. The molecule has 5 nitrogen and oxygen atoms in total. The van der Waals surface area contributed by atoms with E-state index in [1.165, 1.54) is 6.42 Å². The Hall–Kier alpha value is -1.59. The lowest BCUT2D eigenvalue weighted by Crippen LogP contribution is -2.44. The van der Waals surface area contributed by atoms with Crippen molar-refractivity contribution in [3.63, 3.8) is 0 Å². The molecule has 1 saturated carbocycles. The molecule has 0 aromatic heterocycles. The van der Waals surface area contributed by atoms with Crippen molar-refractivity contribution in [3.05, 3.63) is 35.9 Å². The van der Waals surface area contributed by atoms with Gasteiger partial charge in [0.15, 0.2) is 0 Å². The third-order valence-corrected chi connectivity index (χ3v) is 4.46. The number of nitrogens with one attached hydrogen (secondary N) is 2. The number of carbonyl (C=O) groups is 2. The Labute approximate surface area is 150 Å². The van der Waals surface area contributed by atoms with E-state index in [4.69, 9.17) is 5.73 Å². The Balaban J connectivity index is 0.00000288. The molecular weight excluding hydrogens is 326 g/mol. The van der Waals surface area contributed by atoms with Gasteiger partial charge in [-0.25, -0.2) is 0 Å². The lowest BCUT2D eigenvalue weighted by atomic mass is 9.84. The highest BCUT2D eigenvalue weighted by Crippen LogP contribution is 2.23. The number of carbonyl (C=O) groups excluding carboxylic acids is 2. The predicted molar refractivity (Wildman–Crippen MR) is 98.2 cm³/mol. The minimum absolute atomic E-state index is 0. The van der Waals surface area contributed by atoms with E-state index in [0.717, 1.165) is 19.3 Å². The van der Waals surface area contributed by atoms with Crippen molar-refractivity contribution in [3.8, 4) is 0 Å². The number of halogens is 1. The van der Waals surface area contributed by atoms with Crippen LogP contribution in [0.4, 0.5) is 0 Å². The van der Waals surface area contributed by atoms with Crippen molar-refractivity contribution in [2.75, 3.05) is 13.1 Å². The molecular formula is C18H28ClN3O2. The Morgan fingerprint density at radius 2 is 1.83 bits per heavy atom. The minimum atomic E-state index is -0.0958. The molecule has 0 heterocycles. The summed E-state index contributed by atoms with van der Waals surface area (Å²) in [6, 6.07) is 9.32. The number of nitrogens with two attached hydrogens (primary N) is 1. The fourth-order valence-corrected chi connectivity index (χ4v) is 3.10. The molecule has 0 bridgehead atoms. The summed E-state index contributed by atoms with van der Waals surface area (Å²) in [6.45, 7) is 1.14. The molecule has 0 spiro atoms. The number of amides is 2. The quantitative estimate of drug-likeness (QED) is 0.657. The predicted octanol–water partition coefficient (Wildman–Crippen LogP) is 2.25. The first-order valence-electron chi connectivity index (χ1n) is 8.53. The molecule has 1 aliphatic rings. The van der Waals surface area contributed by atoms with E-state index in [1.807, 2.05) is 18.2 Å². The lowest BCUT2D eigenvalue weighted by Gasteiger charge is -2.31. The van der Waals surface area contributed by atoms with Crippen molar-refractivity contribution in [1.29, 1.82) is 0 Å². The molecule has 0 saturated heterocycles. The van der Waals surface area contributed by atoms with Gasteiger partial charge >= 0.3 is 0 Å². The zero-order valence-corrected chi connectivity index (χ0v) is 14.8. The van der Waals surface area contributed by atoms with Gasteiger partial charge in [-0.3, -0.25) is 9.59 Å². The zero-order valence-electron chi connectivity index (χ0n) is 14.0. The van der Waals surface area contributed by atoms with E-state index in [9.17, 15) is 9.59 Å². The molecule has 1 aliphatic carbocycles. The van der Waals surface area contributed by atoms with Crippen molar-refractivity contribution < 1.29 is 9.59 Å². The summed E-state index contributed by atoms with van der Waals surface area (Å²) in [5.41, 5.74) is 6.42. The van der Waals surface area contributed by atoms with Gasteiger partial charge in [-0.15, -0.1) is 12.4 Å². The second kappa shape index (κ2) is 11.0. The molecule has 0 radical (unpaired) electrons. The molecule has 1 aromatic rings. The summed E-state index contributed by atoms with van der Waals surface area (Å²) in [4.78, 5) is 23.9. The molecule has 4 N–H and O–H groups in total. The molecule has 1 aromatic carbocycles. The Bertz CT molecular complexity index is 510. The van der Waals surface area contributed by atoms with E-state index >= 15 is 0 Å². The van der Waals surface area contributed by atoms with Crippen LogP contribution < -0.4 is 16.4 Å². The summed E-state index contributed by atoms with van der Waals surface area (Å²) in [6.07, 6.45) is 5.58. The van der Waals surface area contributed by atoms with Crippen LogP contribution in [-0.2, 0) is 4.79 Å². The van der Waals surface area contributed by atoms with E-state index in [0.29, 0.717) is 37.4 Å². The first-order valence-corrected chi connectivity index (χ1v) is 8.53. The first-order chi connectivity index (χ1) is 11.2. The summed E-state index contributed by atoms with van der Waals surface area (Å²) in [7, 11) is 0. The van der Waals surface area contributed by atoms with E-state index in [-0.39, 0.29) is 30.3 Å². The van der Waals surface area contributed by atoms with Gasteiger partial charge in [-0.2, -0.15) is 0 Å². The van der Waals surface area contributed by atoms with Crippen LogP contribution in [0.25, 0.3) is 0 Å². The maximum absolute atomic E-state index is 12.0. The molecule has 134 valence electrons. The summed E-state index contributed by atoms with van der Waals surface area (Å²) in [5, 5.41) is 5.95. The zero-order chi connectivity index (χ0) is 16.5. The monoisotopic (exact) mass is 353 g/mol. The van der Waals surface area contributed by atoms with Crippen LogP contribution in [-0.4, -0.2) is 30.9 Å². The average Bonchev–Trinajstić information content (AvgIpc) is 2.59. The van der Waals surface area contributed by atoms with E-state index in [1.54, 1.807) is 12.1 Å². The molecule has 2 atom stereocenters. The smallest absolute Gasteiger partial charge is 0.251 e. The molecule has 24 heavy (non-hydrogen) atoms. The number of hydrogen-bond donors (Lipinski definition) is 3. The topological polar surface area (TPSA) is 84.2 Å². The Kier molecular flexibility index (Phi) is 9.42. The van der Waals surface area contributed by atoms with Crippen LogP contribution in [0.5, 0.6) is 0 Å². The van der Waals surface area contributed by atoms with Crippen molar-refractivity contribution in [2.24, 2.45) is 11.7 Å². The van der Waals surface area contributed by atoms with E-state index in [2.05, 4.69) is 10.6 Å².